The van der Waals surface area contributed by atoms with Crippen LogP contribution in [0.1, 0.15) is 54.4 Å². The van der Waals surface area contributed by atoms with E-state index in [0.717, 1.165) is 25.4 Å². The van der Waals surface area contributed by atoms with Crippen molar-refractivity contribution in [2.24, 2.45) is 10.9 Å². The van der Waals surface area contributed by atoms with Crippen LogP contribution in [-0.4, -0.2) is 51.8 Å². The van der Waals surface area contributed by atoms with Gasteiger partial charge in [-0.25, -0.2) is 0 Å². The van der Waals surface area contributed by atoms with E-state index in [-0.39, 0.29) is 11.0 Å². The first-order valence-corrected chi connectivity index (χ1v) is 9.84. The molecule has 0 aromatic heterocycles. The van der Waals surface area contributed by atoms with E-state index in [1.54, 1.807) is 0 Å². The van der Waals surface area contributed by atoms with Crippen LogP contribution in [0.2, 0.25) is 6.04 Å². The molecule has 0 aliphatic rings. The Labute approximate surface area is 137 Å². The molecule has 0 saturated heterocycles. The van der Waals surface area contributed by atoms with Gasteiger partial charge in [0.25, 0.3) is 0 Å². The molecule has 0 rings (SSSR count). The quantitative estimate of drug-likeness (QED) is 0.312. The molecule has 128 valence electrons. The zero-order valence-electron chi connectivity index (χ0n) is 14.2. The average molecular weight is 336 g/mol. The lowest BCUT2D eigenvalue weighted by Gasteiger charge is -2.28. The summed E-state index contributed by atoms with van der Waals surface area (Å²) >= 11 is 0. The van der Waals surface area contributed by atoms with Crippen molar-refractivity contribution in [3.8, 4) is 0 Å². The molecule has 0 aliphatic heterocycles. The van der Waals surface area contributed by atoms with Gasteiger partial charge in [0.1, 0.15) is 0 Å². The predicted molar refractivity (Wildman–Crippen MR) is 98.8 cm³/mol. The molecule has 0 aromatic carbocycles. The van der Waals surface area contributed by atoms with Gasteiger partial charge in [-0.2, -0.15) is 0 Å². The van der Waals surface area contributed by atoms with E-state index in [1.807, 2.05) is 20.8 Å². The molecule has 0 radical (unpaired) electrons. The summed E-state index contributed by atoms with van der Waals surface area (Å²) in [5.74, 6) is 0.669. The molecule has 21 heavy (non-hydrogen) atoms. The molecule has 0 spiro atoms. The van der Waals surface area contributed by atoms with E-state index in [4.69, 9.17) is 13.3 Å². The fourth-order valence-electron chi connectivity index (χ4n) is 2.22. The fraction of sp³-hybridized carbons (Fsp3) is 0.933. The highest BCUT2D eigenvalue weighted by Crippen LogP contribution is 2.18. The Bertz CT molecular complexity index is 257. The summed E-state index contributed by atoms with van der Waals surface area (Å²) in [5.41, 5.74) is 1.23. The molecule has 4 nitrogen and oxygen atoms in total. The monoisotopic (exact) mass is 335 g/mol. The molecule has 0 aliphatic carbocycles. The Hall–Kier alpha value is -0.0162. The van der Waals surface area contributed by atoms with E-state index in [9.17, 15) is 0 Å². The second-order valence-electron chi connectivity index (χ2n) is 5.30. The molecule has 0 aromatic rings. The van der Waals surface area contributed by atoms with Gasteiger partial charge in [-0.1, -0.05) is 13.8 Å². The Morgan fingerprint density at radius 1 is 1.00 bits per heavy atom. The molecule has 0 heterocycles. The molecule has 0 unspecified atom stereocenters. The predicted octanol–water partition coefficient (Wildman–Crippen LogP) is 2.48. The van der Waals surface area contributed by atoms with Crippen molar-refractivity contribution in [1.82, 2.24) is 0 Å². The average Bonchev–Trinajstić information content (AvgIpc) is 2.35. The van der Waals surface area contributed by atoms with Crippen LogP contribution in [0.4, 0.5) is 0 Å². The third-order valence-electron chi connectivity index (χ3n) is 2.82. The zero-order chi connectivity index (χ0) is 15.4. The molecular formula is C15H37NO3Si2. The Kier molecular flexibility index (Phi) is 15.1. The smallest absolute Gasteiger partial charge is 0.374 e. The SMILES string of the molecule is CCO[Si](CCCN=C(C)CC(C)C)(OCC)OCC.[SiH4]. The Morgan fingerprint density at radius 3 is 1.86 bits per heavy atom. The lowest BCUT2D eigenvalue weighted by atomic mass is 10.1. The van der Waals surface area contributed by atoms with Gasteiger partial charge < -0.3 is 13.3 Å². The van der Waals surface area contributed by atoms with Crippen molar-refractivity contribution in [2.45, 2.75) is 60.4 Å². The maximum Gasteiger partial charge on any atom is 0.500 e. The van der Waals surface area contributed by atoms with Crippen LogP contribution in [0.15, 0.2) is 4.99 Å². The van der Waals surface area contributed by atoms with Crippen LogP contribution in [0.25, 0.3) is 0 Å². The minimum Gasteiger partial charge on any atom is -0.374 e. The van der Waals surface area contributed by atoms with Crippen LogP contribution in [-0.2, 0) is 13.3 Å². The van der Waals surface area contributed by atoms with Gasteiger partial charge in [0, 0.05) is 38.1 Å². The van der Waals surface area contributed by atoms with Gasteiger partial charge in [0.05, 0.1) is 0 Å². The van der Waals surface area contributed by atoms with Crippen LogP contribution in [0.5, 0.6) is 0 Å². The van der Waals surface area contributed by atoms with Gasteiger partial charge in [0.2, 0.25) is 0 Å². The van der Waals surface area contributed by atoms with E-state index in [1.165, 1.54) is 5.71 Å². The first kappa shape index (κ1) is 23.3. The number of aliphatic imine (C=N–C) groups is 1. The summed E-state index contributed by atoms with van der Waals surface area (Å²) in [6.07, 6.45) is 2.03. The van der Waals surface area contributed by atoms with Gasteiger partial charge >= 0.3 is 8.80 Å². The fourth-order valence-corrected chi connectivity index (χ4v) is 4.82. The van der Waals surface area contributed by atoms with E-state index in [0.29, 0.717) is 25.7 Å². The standard InChI is InChI=1S/C15H33NO3Si.H4Si/c1-7-17-20(18-8-2,19-9-3)12-10-11-16-15(6)13-14(4)5;/h14H,7-13H2,1-6H3;1H4. The molecule has 0 bridgehead atoms. The van der Waals surface area contributed by atoms with Gasteiger partial charge in [-0.05, 0) is 57.4 Å². The van der Waals surface area contributed by atoms with Crippen LogP contribution < -0.4 is 0 Å². The highest BCUT2D eigenvalue weighted by atomic mass is 28.4. The number of hydrogen-bond donors (Lipinski definition) is 0. The topological polar surface area (TPSA) is 40.0 Å². The van der Waals surface area contributed by atoms with Crippen molar-refractivity contribution < 1.29 is 13.3 Å². The Morgan fingerprint density at radius 2 is 1.48 bits per heavy atom. The minimum atomic E-state index is -2.47. The van der Waals surface area contributed by atoms with E-state index >= 15 is 0 Å². The van der Waals surface area contributed by atoms with Crippen molar-refractivity contribution in [1.29, 1.82) is 0 Å². The lowest BCUT2D eigenvalue weighted by molar-refractivity contribution is 0.0710. The summed E-state index contributed by atoms with van der Waals surface area (Å²) < 4.78 is 17.5. The van der Waals surface area contributed by atoms with Crippen molar-refractivity contribution in [2.75, 3.05) is 26.4 Å². The molecule has 0 amide bonds. The number of rotatable bonds is 12. The molecule has 0 atom stereocenters. The number of hydrogen-bond acceptors (Lipinski definition) is 4. The van der Waals surface area contributed by atoms with Crippen molar-refractivity contribution in [3.63, 3.8) is 0 Å². The third-order valence-corrected chi connectivity index (χ3v) is 5.97. The first-order chi connectivity index (χ1) is 9.49. The first-order valence-electron chi connectivity index (χ1n) is 7.91. The molecule has 6 heteroatoms. The highest BCUT2D eigenvalue weighted by molar-refractivity contribution is 6.60. The second-order valence-corrected chi connectivity index (χ2v) is 8.03. The summed E-state index contributed by atoms with van der Waals surface area (Å²) in [7, 11) is -2.47. The normalized spacial score (nSPS) is 12.6. The molecule has 0 N–H and O–H groups in total. The van der Waals surface area contributed by atoms with Gasteiger partial charge in [0.15, 0.2) is 0 Å². The second kappa shape index (κ2) is 13.6. The van der Waals surface area contributed by atoms with Crippen LogP contribution in [0, 0.1) is 5.92 Å². The maximum absolute atomic E-state index is 5.83. The van der Waals surface area contributed by atoms with E-state index in [2.05, 4.69) is 25.8 Å². The summed E-state index contributed by atoms with van der Waals surface area (Å²) in [6.45, 7) is 15.3. The van der Waals surface area contributed by atoms with Crippen LogP contribution >= 0.6 is 0 Å². The maximum atomic E-state index is 5.83. The number of nitrogens with zero attached hydrogens (tertiary/aromatic N) is 1. The Balaban J connectivity index is 0. The molecular weight excluding hydrogens is 298 g/mol. The summed E-state index contributed by atoms with van der Waals surface area (Å²) in [6, 6.07) is 0.848. The van der Waals surface area contributed by atoms with Gasteiger partial charge in [-0.3, -0.25) is 4.99 Å². The lowest BCUT2D eigenvalue weighted by Crippen LogP contribution is -2.46. The van der Waals surface area contributed by atoms with E-state index < -0.39 is 8.80 Å². The van der Waals surface area contributed by atoms with Crippen LogP contribution in [0.3, 0.4) is 0 Å². The zero-order valence-corrected chi connectivity index (χ0v) is 15.2. The largest absolute Gasteiger partial charge is 0.500 e. The summed E-state index contributed by atoms with van der Waals surface area (Å²) in [4.78, 5) is 4.62. The minimum absolute atomic E-state index is 0. The molecule has 0 saturated carbocycles. The third kappa shape index (κ3) is 11.2. The molecule has 0 fully saturated rings. The highest BCUT2D eigenvalue weighted by Gasteiger charge is 2.39. The summed E-state index contributed by atoms with van der Waals surface area (Å²) in [5, 5.41) is 0. The van der Waals surface area contributed by atoms with Crippen molar-refractivity contribution >= 4 is 25.5 Å². The van der Waals surface area contributed by atoms with Crippen molar-refractivity contribution in [3.05, 3.63) is 0 Å². The van der Waals surface area contributed by atoms with Gasteiger partial charge in [-0.15, -0.1) is 0 Å².